The lowest BCUT2D eigenvalue weighted by Gasteiger charge is -2.36. The van der Waals surface area contributed by atoms with E-state index in [0.717, 1.165) is 18.9 Å². The summed E-state index contributed by atoms with van der Waals surface area (Å²) in [5, 5.41) is 0. The molecule has 0 amide bonds. The number of hydrogen-bond acceptors (Lipinski definition) is 5. The van der Waals surface area contributed by atoms with Gasteiger partial charge in [0.1, 0.15) is 5.82 Å². The van der Waals surface area contributed by atoms with Crippen LogP contribution < -0.4 is 9.80 Å². The van der Waals surface area contributed by atoms with E-state index in [0.29, 0.717) is 32.0 Å². The van der Waals surface area contributed by atoms with Gasteiger partial charge in [-0.3, -0.25) is 0 Å². The first-order chi connectivity index (χ1) is 11.4. The number of alkyl halides is 3. The van der Waals surface area contributed by atoms with Crippen LogP contribution in [0.2, 0.25) is 0 Å². The molecule has 5 nitrogen and oxygen atoms in total. The quantitative estimate of drug-likeness (QED) is 0.843. The van der Waals surface area contributed by atoms with Gasteiger partial charge in [-0.1, -0.05) is 0 Å². The summed E-state index contributed by atoms with van der Waals surface area (Å²) < 4.78 is 43.7. The molecule has 0 aromatic carbocycles. The highest BCUT2D eigenvalue weighted by atomic mass is 19.4. The first-order valence-corrected chi connectivity index (χ1v) is 8.40. The average Bonchev–Trinajstić information content (AvgIpc) is 2.61. The van der Waals surface area contributed by atoms with Crippen LogP contribution in [0.4, 0.5) is 24.9 Å². The second kappa shape index (κ2) is 7.13. The van der Waals surface area contributed by atoms with E-state index in [1.165, 1.54) is 0 Å². The number of aromatic nitrogens is 2. The fraction of sp³-hybridized carbons (Fsp3) is 0.750. The minimum absolute atomic E-state index is 0.0936. The van der Waals surface area contributed by atoms with E-state index in [-0.39, 0.29) is 18.9 Å². The molecule has 0 spiro atoms. The Morgan fingerprint density at radius 2 is 1.83 bits per heavy atom. The summed E-state index contributed by atoms with van der Waals surface area (Å²) in [6.45, 7) is 2.82. The maximum absolute atomic E-state index is 12.8. The number of hydrogen-bond donors (Lipinski definition) is 0. The van der Waals surface area contributed by atoms with Crippen molar-refractivity contribution >= 4 is 11.8 Å². The molecule has 0 bridgehead atoms. The summed E-state index contributed by atoms with van der Waals surface area (Å²) in [7, 11) is 1.91. The fourth-order valence-corrected chi connectivity index (χ4v) is 3.43. The van der Waals surface area contributed by atoms with E-state index in [4.69, 9.17) is 4.74 Å². The van der Waals surface area contributed by atoms with Crippen LogP contribution in [0.25, 0.3) is 0 Å². The monoisotopic (exact) mass is 344 g/mol. The Morgan fingerprint density at radius 3 is 2.46 bits per heavy atom. The van der Waals surface area contributed by atoms with Gasteiger partial charge in [0.15, 0.2) is 0 Å². The summed E-state index contributed by atoms with van der Waals surface area (Å²) >= 11 is 0. The van der Waals surface area contributed by atoms with Crippen molar-refractivity contribution in [1.82, 2.24) is 9.97 Å². The third kappa shape index (κ3) is 3.91. The molecule has 0 N–H and O–H groups in total. The summed E-state index contributed by atoms with van der Waals surface area (Å²) in [5.74, 6) is 0.269. The Bertz CT molecular complexity index is 540. The maximum Gasteiger partial charge on any atom is 0.391 e. The zero-order valence-corrected chi connectivity index (χ0v) is 13.8. The van der Waals surface area contributed by atoms with Gasteiger partial charge < -0.3 is 14.5 Å². The Hall–Kier alpha value is -1.57. The van der Waals surface area contributed by atoms with Crippen molar-refractivity contribution < 1.29 is 17.9 Å². The molecule has 1 aliphatic heterocycles. The molecule has 2 heterocycles. The Balaban J connectivity index is 1.64. The second-order valence-electron chi connectivity index (χ2n) is 6.47. The van der Waals surface area contributed by atoms with Crippen LogP contribution >= 0.6 is 0 Å². The third-order valence-electron chi connectivity index (χ3n) is 4.99. The van der Waals surface area contributed by atoms with Crippen molar-refractivity contribution in [2.75, 3.05) is 43.2 Å². The largest absolute Gasteiger partial charge is 0.391 e. The molecule has 0 radical (unpaired) electrons. The van der Waals surface area contributed by atoms with E-state index >= 15 is 0 Å². The lowest BCUT2D eigenvalue weighted by atomic mass is 9.85. The molecule has 2 fully saturated rings. The van der Waals surface area contributed by atoms with Gasteiger partial charge in [-0.15, -0.1) is 0 Å². The maximum atomic E-state index is 12.8. The van der Waals surface area contributed by atoms with Gasteiger partial charge in [-0.05, 0) is 31.7 Å². The van der Waals surface area contributed by atoms with Gasteiger partial charge in [-0.2, -0.15) is 18.2 Å². The van der Waals surface area contributed by atoms with E-state index in [1.807, 2.05) is 18.0 Å². The van der Waals surface area contributed by atoms with Crippen LogP contribution in [0.1, 0.15) is 25.7 Å². The zero-order chi connectivity index (χ0) is 17.2. The highest BCUT2D eigenvalue weighted by molar-refractivity contribution is 5.44. The van der Waals surface area contributed by atoms with Gasteiger partial charge in [0, 0.05) is 32.4 Å². The van der Waals surface area contributed by atoms with Crippen LogP contribution in [0.3, 0.4) is 0 Å². The number of nitrogens with zero attached hydrogens (tertiary/aromatic N) is 4. The number of morpholine rings is 1. The Kier molecular flexibility index (Phi) is 5.12. The van der Waals surface area contributed by atoms with Crippen molar-refractivity contribution in [2.45, 2.75) is 37.9 Å². The highest BCUT2D eigenvalue weighted by Crippen LogP contribution is 2.39. The lowest BCUT2D eigenvalue weighted by Crippen LogP contribution is -2.40. The number of anilines is 2. The SMILES string of the molecule is CN(c1ccnc(N2CCOCC2)n1)C1CCC(C(F)(F)F)CC1. The Morgan fingerprint density at radius 1 is 1.17 bits per heavy atom. The van der Waals surface area contributed by atoms with Gasteiger partial charge in [0.2, 0.25) is 5.95 Å². The minimum atomic E-state index is -4.07. The van der Waals surface area contributed by atoms with Crippen LogP contribution in [-0.2, 0) is 4.74 Å². The van der Waals surface area contributed by atoms with Crippen LogP contribution in [0.15, 0.2) is 12.3 Å². The Labute approximate surface area is 139 Å². The molecule has 24 heavy (non-hydrogen) atoms. The van der Waals surface area contributed by atoms with Crippen molar-refractivity contribution in [3.8, 4) is 0 Å². The predicted octanol–water partition coefficient (Wildman–Crippen LogP) is 2.87. The number of halogens is 3. The standard InChI is InChI=1S/C16H23F3N4O/c1-22(13-4-2-12(3-5-13)16(17,18)19)14-6-7-20-15(21-14)23-8-10-24-11-9-23/h6-7,12-13H,2-5,8-11H2,1H3. The topological polar surface area (TPSA) is 41.5 Å². The summed E-state index contributed by atoms with van der Waals surface area (Å²) in [6.07, 6.45) is -0.887. The number of rotatable bonds is 3. The molecule has 1 saturated heterocycles. The molecule has 1 aromatic rings. The van der Waals surface area contributed by atoms with Crippen molar-refractivity contribution in [2.24, 2.45) is 5.92 Å². The minimum Gasteiger partial charge on any atom is -0.378 e. The highest BCUT2D eigenvalue weighted by Gasteiger charge is 2.42. The molecular weight excluding hydrogens is 321 g/mol. The first kappa shape index (κ1) is 17.3. The van der Waals surface area contributed by atoms with Crippen molar-refractivity contribution in [1.29, 1.82) is 0 Å². The molecule has 1 aliphatic carbocycles. The van der Waals surface area contributed by atoms with Crippen molar-refractivity contribution in [3.05, 3.63) is 12.3 Å². The van der Waals surface area contributed by atoms with Gasteiger partial charge in [0.05, 0.1) is 19.1 Å². The summed E-state index contributed by atoms with van der Waals surface area (Å²) in [6, 6.07) is 1.91. The molecule has 1 saturated carbocycles. The fourth-order valence-electron chi connectivity index (χ4n) is 3.43. The van der Waals surface area contributed by atoms with Crippen LogP contribution in [0, 0.1) is 5.92 Å². The van der Waals surface area contributed by atoms with E-state index < -0.39 is 12.1 Å². The molecular formula is C16H23F3N4O. The lowest BCUT2D eigenvalue weighted by molar-refractivity contribution is -0.182. The predicted molar refractivity (Wildman–Crippen MR) is 85.3 cm³/mol. The van der Waals surface area contributed by atoms with E-state index in [9.17, 15) is 13.2 Å². The van der Waals surface area contributed by atoms with Crippen LogP contribution in [-0.4, -0.2) is 55.5 Å². The molecule has 134 valence electrons. The normalized spacial score (nSPS) is 25.6. The van der Waals surface area contributed by atoms with Gasteiger partial charge >= 0.3 is 6.18 Å². The summed E-state index contributed by atoms with van der Waals surface area (Å²) in [5.41, 5.74) is 0. The first-order valence-electron chi connectivity index (χ1n) is 8.40. The van der Waals surface area contributed by atoms with Gasteiger partial charge in [0.25, 0.3) is 0 Å². The van der Waals surface area contributed by atoms with Gasteiger partial charge in [-0.25, -0.2) is 4.98 Å². The van der Waals surface area contributed by atoms with E-state index in [1.54, 1.807) is 6.20 Å². The molecule has 8 heteroatoms. The smallest absolute Gasteiger partial charge is 0.378 e. The number of ether oxygens (including phenoxy) is 1. The zero-order valence-electron chi connectivity index (χ0n) is 13.8. The average molecular weight is 344 g/mol. The van der Waals surface area contributed by atoms with Crippen LogP contribution in [0.5, 0.6) is 0 Å². The third-order valence-corrected chi connectivity index (χ3v) is 4.99. The second-order valence-corrected chi connectivity index (χ2v) is 6.47. The summed E-state index contributed by atoms with van der Waals surface area (Å²) in [4.78, 5) is 13.0. The molecule has 1 aromatic heterocycles. The molecule has 2 aliphatic rings. The molecule has 0 atom stereocenters. The molecule has 3 rings (SSSR count). The van der Waals surface area contributed by atoms with E-state index in [2.05, 4.69) is 14.9 Å². The molecule has 0 unspecified atom stereocenters. The van der Waals surface area contributed by atoms with Crippen molar-refractivity contribution in [3.63, 3.8) is 0 Å².